The molecule has 1 saturated heterocycles. The molecule has 0 spiro atoms. The Hall–Kier alpha value is -1.42. The minimum Gasteiger partial charge on any atom is -0.396 e. The van der Waals surface area contributed by atoms with Crippen LogP contribution in [-0.4, -0.2) is 35.1 Å². The smallest absolute Gasteiger partial charge is 0.254 e. The van der Waals surface area contributed by atoms with Gasteiger partial charge in [0, 0.05) is 24.8 Å². The lowest BCUT2D eigenvalue weighted by Gasteiger charge is -2.35. The van der Waals surface area contributed by atoms with Crippen molar-refractivity contribution >= 4 is 5.91 Å². The van der Waals surface area contributed by atoms with Crippen LogP contribution in [0.4, 0.5) is 4.39 Å². The minimum absolute atomic E-state index is 0.0544. The van der Waals surface area contributed by atoms with Crippen molar-refractivity contribution < 1.29 is 14.3 Å². The van der Waals surface area contributed by atoms with Gasteiger partial charge in [-0.2, -0.15) is 0 Å². The van der Waals surface area contributed by atoms with E-state index in [9.17, 15) is 9.18 Å². The normalized spacial score (nSPS) is 19.5. The number of likely N-dealkylation sites (tertiary alicyclic amines) is 1. The lowest BCUT2D eigenvalue weighted by Crippen LogP contribution is -2.44. The van der Waals surface area contributed by atoms with E-state index in [-0.39, 0.29) is 24.4 Å². The molecule has 0 aromatic heterocycles. The van der Waals surface area contributed by atoms with Gasteiger partial charge in [0.2, 0.25) is 0 Å². The van der Waals surface area contributed by atoms with Crippen molar-refractivity contribution in [3.63, 3.8) is 0 Å². The Balaban J connectivity index is 2.18. The summed E-state index contributed by atoms with van der Waals surface area (Å²) in [6, 6.07) is 4.59. The Bertz CT molecular complexity index is 459. The Morgan fingerprint density at radius 1 is 1.47 bits per heavy atom. The van der Waals surface area contributed by atoms with Crippen LogP contribution < -0.4 is 0 Å². The van der Waals surface area contributed by atoms with E-state index in [0.29, 0.717) is 17.5 Å². The Kier molecular flexibility index (Phi) is 4.53. The quantitative estimate of drug-likeness (QED) is 0.912. The number of halogens is 1. The van der Waals surface area contributed by atoms with Crippen LogP contribution in [0.5, 0.6) is 0 Å². The molecule has 0 aliphatic carbocycles. The van der Waals surface area contributed by atoms with E-state index in [2.05, 4.69) is 0 Å². The molecule has 19 heavy (non-hydrogen) atoms. The number of carbonyl (C=O) groups is 1. The predicted octanol–water partition coefficient (Wildman–Crippen LogP) is 2.51. The van der Waals surface area contributed by atoms with Gasteiger partial charge in [-0.25, -0.2) is 4.39 Å². The van der Waals surface area contributed by atoms with Gasteiger partial charge < -0.3 is 10.0 Å². The first-order valence-electron chi connectivity index (χ1n) is 6.81. The molecule has 0 saturated carbocycles. The summed E-state index contributed by atoms with van der Waals surface area (Å²) in [5.74, 6) is -0.344. The van der Waals surface area contributed by atoms with E-state index in [1.807, 2.05) is 4.90 Å². The molecule has 1 atom stereocenters. The summed E-state index contributed by atoms with van der Waals surface area (Å²) in [6.07, 6.45) is 3.64. The minimum atomic E-state index is -0.290. The zero-order chi connectivity index (χ0) is 13.8. The predicted molar refractivity (Wildman–Crippen MR) is 71.5 cm³/mol. The molecule has 1 heterocycles. The highest BCUT2D eigenvalue weighted by atomic mass is 19.1. The van der Waals surface area contributed by atoms with Crippen molar-refractivity contribution in [1.29, 1.82) is 0 Å². The van der Waals surface area contributed by atoms with Gasteiger partial charge >= 0.3 is 0 Å². The van der Waals surface area contributed by atoms with Gasteiger partial charge in [0.15, 0.2) is 0 Å². The van der Waals surface area contributed by atoms with Crippen LogP contribution in [0.3, 0.4) is 0 Å². The standard InChI is InChI=1S/C15H20FNO2/c1-11-10-12(5-6-14(11)16)15(19)17-8-3-2-4-13(17)7-9-18/h5-6,10,13,18H,2-4,7-9H2,1H3. The Morgan fingerprint density at radius 2 is 2.26 bits per heavy atom. The van der Waals surface area contributed by atoms with Crippen LogP contribution in [0.25, 0.3) is 0 Å². The number of aliphatic hydroxyl groups excluding tert-OH is 1. The van der Waals surface area contributed by atoms with Crippen LogP contribution in [-0.2, 0) is 0 Å². The van der Waals surface area contributed by atoms with Gasteiger partial charge in [0.1, 0.15) is 5.82 Å². The molecule has 1 N–H and O–H groups in total. The molecule has 0 bridgehead atoms. The lowest BCUT2D eigenvalue weighted by molar-refractivity contribution is 0.0574. The summed E-state index contributed by atoms with van der Waals surface area (Å²) in [4.78, 5) is 14.3. The molecule has 1 unspecified atom stereocenters. The third-order valence-corrected chi connectivity index (χ3v) is 3.76. The Morgan fingerprint density at radius 3 is 2.95 bits per heavy atom. The molecule has 2 rings (SSSR count). The molecular weight excluding hydrogens is 245 g/mol. The van der Waals surface area contributed by atoms with Gasteiger partial charge in [-0.05, 0) is 56.4 Å². The number of piperidine rings is 1. The SMILES string of the molecule is Cc1cc(C(=O)N2CCCCC2CCO)ccc1F. The zero-order valence-corrected chi connectivity index (χ0v) is 11.2. The van der Waals surface area contributed by atoms with E-state index in [0.717, 1.165) is 25.8 Å². The van der Waals surface area contributed by atoms with Crippen LogP contribution in [0, 0.1) is 12.7 Å². The summed E-state index contributed by atoms with van der Waals surface area (Å²) in [7, 11) is 0. The number of carbonyl (C=O) groups excluding carboxylic acids is 1. The fourth-order valence-corrected chi connectivity index (χ4v) is 2.66. The summed E-state index contributed by atoms with van der Waals surface area (Å²) in [5.41, 5.74) is 1.02. The average Bonchev–Trinajstić information content (AvgIpc) is 2.42. The number of aryl methyl sites for hydroxylation is 1. The molecule has 1 aliphatic heterocycles. The highest BCUT2D eigenvalue weighted by Gasteiger charge is 2.27. The largest absolute Gasteiger partial charge is 0.396 e. The van der Waals surface area contributed by atoms with E-state index in [4.69, 9.17) is 5.11 Å². The fraction of sp³-hybridized carbons (Fsp3) is 0.533. The van der Waals surface area contributed by atoms with Crippen LogP contribution in [0.1, 0.15) is 41.6 Å². The van der Waals surface area contributed by atoms with Gasteiger partial charge in [-0.1, -0.05) is 0 Å². The number of amides is 1. The lowest BCUT2D eigenvalue weighted by atomic mass is 9.98. The van der Waals surface area contributed by atoms with Crippen molar-refractivity contribution in [3.8, 4) is 0 Å². The molecule has 0 radical (unpaired) electrons. The van der Waals surface area contributed by atoms with E-state index in [1.165, 1.54) is 12.1 Å². The van der Waals surface area contributed by atoms with Crippen molar-refractivity contribution in [2.75, 3.05) is 13.2 Å². The van der Waals surface area contributed by atoms with Crippen molar-refractivity contribution in [2.45, 2.75) is 38.6 Å². The monoisotopic (exact) mass is 265 g/mol. The number of nitrogens with zero attached hydrogens (tertiary/aromatic N) is 1. The summed E-state index contributed by atoms with van der Waals surface area (Å²) >= 11 is 0. The van der Waals surface area contributed by atoms with Crippen LogP contribution >= 0.6 is 0 Å². The number of rotatable bonds is 3. The number of aliphatic hydroxyl groups is 1. The van der Waals surface area contributed by atoms with Crippen molar-refractivity contribution in [2.24, 2.45) is 0 Å². The second-order valence-electron chi connectivity index (χ2n) is 5.12. The summed E-state index contributed by atoms with van der Waals surface area (Å²) in [5, 5.41) is 9.08. The maximum absolute atomic E-state index is 13.2. The molecule has 1 amide bonds. The maximum atomic E-state index is 13.2. The Labute approximate surface area is 113 Å². The average molecular weight is 265 g/mol. The number of benzene rings is 1. The molecule has 104 valence electrons. The first kappa shape index (κ1) is 14.0. The molecule has 1 fully saturated rings. The van der Waals surface area contributed by atoms with Gasteiger partial charge in [0.25, 0.3) is 5.91 Å². The summed E-state index contributed by atoms with van der Waals surface area (Å²) in [6.45, 7) is 2.48. The molecule has 1 aliphatic rings. The third-order valence-electron chi connectivity index (χ3n) is 3.76. The maximum Gasteiger partial charge on any atom is 0.254 e. The second kappa shape index (κ2) is 6.15. The van der Waals surface area contributed by atoms with Crippen LogP contribution in [0.2, 0.25) is 0 Å². The molecule has 3 nitrogen and oxygen atoms in total. The number of hydrogen-bond donors (Lipinski definition) is 1. The second-order valence-corrected chi connectivity index (χ2v) is 5.12. The van der Waals surface area contributed by atoms with Gasteiger partial charge in [0.05, 0.1) is 0 Å². The highest BCUT2D eigenvalue weighted by molar-refractivity contribution is 5.94. The summed E-state index contributed by atoms with van der Waals surface area (Å²) < 4.78 is 13.2. The van der Waals surface area contributed by atoms with Crippen molar-refractivity contribution in [3.05, 3.63) is 35.1 Å². The zero-order valence-electron chi connectivity index (χ0n) is 11.2. The first-order chi connectivity index (χ1) is 9.13. The van der Waals surface area contributed by atoms with E-state index >= 15 is 0 Å². The molecular formula is C15H20FNO2. The van der Waals surface area contributed by atoms with Crippen molar-refractivity contribution in [1.82, 2.24) is 4.90 Å². The molecule has 1 aromatic carbocycles. The third kappa shape index (κ3) is 3.13. The highest BCUT2D eigenvalue weighted by Crippen LogP contribution is 2.22. The fourth-order valence-electron chi connectivity index (χ4n) is 2.66. The van der Waals surface area contributed by atoms with E-state index in [1.54, 1.807) is 13.0 Å². The first-order valence-corrected chi connectivity index (χ1v) is 6.81. The van der Waals surface area contributed by atoms with Gasteiger partial charge in [-0.3, -0.25) is 4.79 Å². The van der Waals surface area contributed by atoms with Crippen LogP contribution in [0.15, 0.2) is 18.2 Å². The number of hydrogen-bond acceptors (Lipinski definition) is 2. The van der Waals surface area contributed by atoms with Gasteiger partial charge in [-0.15, -0.1) is 0 Å². The molecule has 1 aromatic rings. The molecule has 4 heteroatoms. The topological polar surface area (TPSA) is 40.5 Å². The van der Waals surface area contributed by atoms with E-state index < -0.39 is 0 Å².